The number of nitrogens with one attached hydrogen (secondary N) is 1. The first-order valence-corrected chi connectivity index (χ1v) is 5.10. The second-order valence-electron chi connectivity index (χ2n) is 3.08. The fraction of sp³-hybridized carbons (Fsp3) is 0.200. The van der Waals surface area contributed by atoms with Crippen molar-refractivity contribution in [3.63, 3.8) is 0 Å². The van der Waals surface area contributed by atoms with Crippen LogP contribution in [-0.4, -0.2) is 11.9 Å². The van der Waals surface area contributed by atoms with E-state index >= 15 is 0 Å². The molecule has 0 fully saturated rings. The van der Waals surface area contributed by atoms with Crippen molar-refractivity contribution in [2.45, 2.75) is 13.0 Å². The van der Waals surface area contributed by atoms with Crippen LogP contribution in [0.15, 0.2) is 22.7 Å². The number of carbonyl (C=O) groups excluding carboxylic acids is 1. The minimum Gasteiger partial charge on any atom is -0.324 e. The van der Waals surface area contributed by atoms with Crippen molar-refractivity contribution in [3.05, 3.63) is 28.2 Å². The largest absolute Gasteiger partial charge is 0.324 e. The molecule has 0 saturated carbocycles. The van der Waals surface area contributed by atoms with Crippen molar-refractivity contribution in [3.8, 4) is 6.07 Å². The Kier molecular flexibility index (Phi) is 3.83. The van der Waals surface area contributed by atoms with Crippen molar-refractivity contribution in [1.82, 2.24) is 0 Å². The fourth-order valence-electron chi connectivity index (χ4n) is 0.965. The van der Waals surface area contributed by atoms with E-state index in [1.807, 2.05) is 6.07 Å². The number of nitrogens with two attached hydrogens (primary N) is 1. The summed E-state index contributed by atoms with van der Waals surface area (Å²) in [5, 5.41) is 11.4. The van der Waals surface area contributed by atoms with Crippen molar-refractivity contribution in [2.24, 2.45) is 5.73 Å². The van der Waals surface area contributed by atoms with Gasteiger partial charge in [0.1, 0.15) is 6.07 Å². The van der Waals surface area contributed by atoms with Gasteiger partial charge in [0.15, 0.2) is 0 Å². The lowest BCUT2D eigenvalue weighted by Crippen LogP contribution is -2.32. The normalized spacial score (nSPS) is 11.6. The maximum absolute atomic E-state index is 11.3. The predicted molar refractivity (Wildman–Crippen MR) is 61.1 cm³/mol. The molecule has 78 valence electrons. The van der Waals surface area contributed by atoms with E-state index in [4.69, 9.17) is 11.0 Å². The number of amides is 1. The Balaban J connectivity index is 2.96. The summed E-state index contributed by atoms with van der Waals surface area (Å²) in [6, 6.07) is 6.44. The maximum Gasteiger partial charge on any atom is 0.241 e. The van der Waals surface area contributed by atoms with Crippen LogP contribution in [0.5, 0.6) is 0 Å². The van der Waals surface area contributed by atoms with E-state index in [1.54, 1.807) is 25.1 Å². The van der Waals surface area contributed by atoms with Gasteiger partial charge >= 0.3 is 0 Å². The minimum absolute atomic E-state index is 0.311. The molecule has 0 radical (unpaired) electrons. The third-order valence-corrected chi connectivity index (χ3v) is 2.27. The SMILES string of the molecule is CC(N)C(=O)Nc1ccc(Br)cc1C#N. The van der Waals surface area contributed by atoms with E-state index in [1.165, 1.54) is 0 Å². The van der Waals surface area contributed by atoms with E-state index in [0.717, 1.165) is 4.47 Å². The molecule has 1 amide bonds. The topological polar surface area (TPSA) is 78.9 Å². The molecule has 0 saturated heterocycles. The number of halogens is 1. The molecular formula is C10H10BrN3O. The van der Waals surface area contributed by atoms with Gasteiger partial charge in [-0.1, -0.05) is 15.9 Å². The molecule has 1 aromatic carbocycles. The molecule has 5 heteroatoms. The van der Waals surface area contributed by atoms with Gasteiger partial charge in [-0.3, -0.25) is 4.79 Å². The van der Waals surface area contributed by atoms with Crippen LogP contribution in [0, 0.1) is 11.3 Å². The Hall–Kier alpha value is -1.38. The highest BCUT2D eigenvalue weighted by molar-refractivity contribution is 9.10. The van der Waals surface area contributed by atoms with Crippen molar-refractivity contribution in [1.29, 1.82) is 5.26 Å². The van der Waals surface area contributed by atoms with E-state index < -0.39 is 6.04 Å². The molecular weight excluding hydrogens is 258 g/mol. The fourth-order valence-corrected chi connectivity index (χ4v) is 1.33. The van der Waals surface area contributed by atoms with Crippen molar-refractivity contribution >= 4 is 27.5 Å². The Morgan fingerprint density at radius 2 is 2.33 bits per heavy atom. The summed E-state index contributed by atoms with van der Waals surface area (Å²) in [5.41, 5.74) is 6.28. The zero-order valence-electron chi connectivity index (χ0n) is 8.12. The third-order valence-electron chi connectivity index (χ3n) is 1.77. The molecule has 0 aliphatic carbocycles. The molecule has 0 aromatic heterocycles. The van der Waals surface area contributed by atoms with Crippen LogP contribution in [0.2, 0.25) is 0 Å². The smallest absolute Gasteiger partial charge is 0.241 e. The Labute approximate surface area is 96.2 Å². The van der Waals surface area contributed by atoms with Gasteiger partial charge in [-0.15, -0.1) is 0 Å². The van der Waals surface area contributed by atoms with Gasteiger partial charge in [0.05, 0.1) is 17.3 Å². The van der Waals surface area contributed by atoms with E-state index in [9.17, 15) is 4.79 Å². The predicted octanol–water partition coefficient (Wildman–Crippen LogP) is 1.61. The highest BCUT2D eigenvalue weighted by Gasteiger charge is 2.10. The van der Waals surface area contributed by atoms with Crippen LogP contribution >= 0.6 is 15.9 Å². The van der Waals surface area contributed by atoms with Crippen LogP contribution in [0.3, 0.4) is 0 Å². The molecule has 0 spiro atoms. The lowest BCUT2D eigenvalue weighted by atomic mass is 10.2. The van der Waals surface area contributed by atoms with Gasteiger partial charge in [-0.2, -0.15) is 5.26 Å². The van der Waals surface area contributed by atoms with Crippen LogP contribution in [-0.2, 0) is 4.79 Å². The van der Waals surface area contributed by atoms with E-state index in [-0.39, 0.29) is 5.91 Å². The molecule has 4 nitrogen and oxygen atoms in total. The molecule has 1 rings (SSSR count). The maximum atomic E-state index is 11.3. The lowest BCUT2D eigenvalue weighted by molar-refractivity contribution is -0.117. The molecule has 0 bridgehead atoms. The van der Waals surface area contributed by atoms with Gasteiger partial charge in [0.2, 0.25) is 5.91 Å². The summed E-state index contributed by atoms with van der Waals surface area (Å²) in [5.74, 6) is -0.311. The summed E-state index contributed by atoms with van der Waals surface area (Å²) < 4.78 is 0.790. The number of hydrogen-bond acceptors (Lipinski definition) is 3. The minimum atomic E-state index is -0.597. The number of nitrogens with zero attached hydrogens (tertiary/aromatic N) is 1. The number of hydrogen-bond donors (Lipinski definition) is 2. The monoisotopic (exact) mass is 267 g/mol. The average Bonchev–Trinajstić information content (AvgIpc) is 2.20. The number of rotatable bonds is 2. The zero-order chi connectivity index (χ0) is 11.4. The molecule has 1 atom stereocenters. The molecule has 0 aliphatic rings. The summed E-state index contributed by atoms with van der Waals surface area (Å²) in [6.07, 6.45) is 0. The highest BCUT2D eigenvalue weighted by atomic mass is 79.9. The highest BCUT2D eigenvalue weighted by Crippen LogP contribution is 2.20. The number of carbonyl (C=O) groups is 1. The Bertz CT molecular complexity index is 423. The van der Waals surface area contributed by atoms with Gasteiger partial charge in [-0.25, -0.2) is 0 Å². The second-order valence-corrected chi connectivity index (χ2v) is 4.00. The first-order valence-electron chi connectivity index (χ1n) is 4.30. The summed E-state index contributed by atoms with van der Waals surface area (Å²) in [7, 11) is 0. The van der Waals surface area contributed by atoms with Crippen molar-refractivity contribution in [2.75, 3.05) is 5.32 Å². The Morgan fingerprint density at radius 1 is 1.67 bits per heavy atom. The first kappa shape index (κ1) is 11.7. The van der Waals surface area contributed by atoms with Gasteiger partial charge in [-0.05, 0) is 25.1 Å². The third kappa shape index (κ3) is 3.05. The van der Waals surface area contributed by atoms with Crippen molar-refractivity contribution < 1.29 is 4.79 Å². The van der Waals surface area contributed by atoms with Gasteiger partial charge in [0, 0.05) is 4.47 Å². The molecule has 1 aromatic rings. The first-order chi connectivity index (χ1) is 7.04. The summed E-state index contributed by atoms with van der Waals surface area (Å²) in [6.45, 7) is 1.58. The summed E-state index contributed by atoms with van der Waals surface area (Å²) >= 11 is 3.24. The number of nitriles is 1. The summed E-state index contributed by atoms with van der Waals surface area (Å²) in [4.78, 5) is 11.3. The zero-order valence-corrected chi connectivity index (χ0v) is 9.71. The molecule has 0 heterocycles. The number of anilines is 1. The van der Waals surface area contributed by atoms with Gasteiger partial charge < -0.3 is 11.1 Å². The van der Waals surface area contributed by atoms with E-state index in [0.29, 0.717) is 11.3 Å². The molecule has 1 unspecified atom stereocenters. The average molecular weight is 268 g/mol. The Morgan fingerprint density at radius 3 is 2.87 bits per heavy atom. The van der Waals surface area contributed by atoms with Crippen LogP contribution < -0.4 is 11.1 Å². The lowest BCUT2D eigenvalue weighted by Gasteiger charge is -2.09. The molecule has 15 heavy (non-hydrogen) atoms. The second kappa shape index (κ2) is 4.91. The van der Waals surface area contributed by atoms with Crippen LogP contribution in [0.25, 0.3) is 0 Å². The van der Waals surface area contributed by atoms with E-state index in [2.05, 4.69) is 21.2 Å². The van der Waals surface area contributed by atoms with Crippen LogP contribution in [0.4, 0.5) is 5.69 Å². The number of benzene rings is 1. The quantitative estimate of drug-likeness (QED) is 0.855. The van der Waals surface area contributed by atoms with Gasteiger partial charge in [0.25, 0.3) is 0 Å². The molecule has 0 aliphatic heterocycles. The molecule has 3 N–H and O–H groups in total. The van der Waals surface area contributed by atoms with Crippen LogP contribution in [0.1, 0.15) is 12.5 Å². The standard InChI is InChI=1S/C10H10BrN3O/c1-6(13)10(15)14-9-3-2-8(11)4-7(9)5-12/h2-4,6H,13H2,1H3,(H,14,15).